The van der Waals surface area contributed by atoms with Crippen LogP contribution in [-0.4, -0.2) is 58.5 Å². The second-order valence-corrected chi connectivity index (χ2v) is 7.49. The summed E-state index contributed by atoms with van der Waals surface area (Å²) >= 11 is 3.27. The highest BCUT2D eigenvalue weighted by molar-refractivity contribution is 9.09. The number of hydrogen-bond donors (Lipinski definition) is 0. The fraction of sp³-hybridized carbons (Fsp3) is 0.571. The zero-order valence-corrected chi connectivity index (χ0v) is 14.4. The van der Waals surface area contributed by atoms with Crippen LogP contribution in [0.2, 0.25) is 0 Å². The van der Waals surface area contributed by atoms with Crippen molar-refractivity contribution < 1.29 is 27.4 Å². The minimum Gasteiger partial charge on any atom is -0.353 e. The van der Waals surface area contributed by atoms with E-state index in [1.807, 2.05) is 0 Å². The molecule has 0 radical (unpaired) electrons. The summed E-state index contributed by atoms with van der Waals surface area (Å²) in [5.74, 6) is -0.0169. The largest absolute Gasteiger partial charge is 0.353 e. The van der Waals surface area contributed by atoms with Crippen LogP contribution in [-0.2, 0) is 28.8 Å². The van der Waals surface area contributed by atoms with Crippen LogP contribution >= 0.6 is 15.9 Å². The van der Waals surface area contributed by atoms with E-state index in [9.17, 15) is 8.42 Å². The van der Waals surface area contributed by atoms with E-state index in [1.165, 1.54) is 0 Å². The van der Waals surface area contributed by atoms with Crippen molar-refractivity contribution in [3.63, 3.8) is 0 Å². The lowest BCUT2D eigenvalue weighted by atomic mass is 10.4. The zero-order valence-electron chi connectivity index (χ0n) is 12.0. The maximum Gasteiger partial charge on any atom is 0.181 e. The Morgan fingerprint density at radius 2 is 1.59 bits per heavy atom. The number of ether oxygens (including phenoxy) is 4. The Hall–Kier alpha value is -0.510. The first-order chi connectivity index (χ1) is 10.6. The molecular weight excluding hydrogens is 376 g/mol. The van der Waals surface area contributed by atoms with E-state index in [4.69, 9.17) is 18.9 Å². The van der Waals surface area contributed by atoms with Gasteiger partial charge in [0.05, 0.1) is 36.1 Å². The van der Waals surface area contributed by atoms with Crippen molar-refractivity contribution in [1.82, 2.24) is 0 Å². The third-order valence-corrected chi connectivity index (χ3v) is 5.58. The average Bonchev–Trinajstić information content (AvgIpc) is 3.21. The third-order valence-electron chi connectivity index (χ3n) is 3.06. The van der Waals surface area contributed by atoms with E-state index in [0.717, 1.165) is 11.9 Å². The first-order valence-corrected chi connectivity index (χ1v) is 9.61. The fourth-order valence-corrected chi connectivity index (χ4v) is 3.72. The second kappa shape index (κ2) is 8.95. The van der Waals surface area contributed by atoms with E-state index in [2.05, 4.69) is 15.9 Å². The number of hydrogen-bond acceptors (Lipinski definition) is 6. The molecule has 8 heteroatoms. The van der Waals surface area contributed by atoms with E-state index in [1.54, 1.807) is 30.3 Å². The van der Waals surface area contributed by atoms with Gasteiger partial charge < -0.3 is 18.9 Å². The van der Waals surface area contributed by atoms with Gasteiger partial charge in [0, 0.05) is 5.33 Å². The summed E-state index contributed by atoms with van der Waals surface area (Å²) in [4.78, 5) is 0.334. The summed E-state index contributed by atoms with van der Waals surface area (Å²) in [7, 11) is -3.25. The summed E-state index contributed by atoms with van der Waals surface area (Å²) in [6.45, 7) is 1.75. The monoisotopic (exact) mass is 394 g/mol. The van der Waals surface area contributed by atoms with Gasteiger partial charge in [-0.2, -0.15) is 0 Å². The fourth-order valence-electron chi connectivity index (χ4n) is 1.90. The lowest BCUT2D eigenvalue weighted by Gasteiger charge is -2.08. The zero-order chi connectivity index (χ0) is 15.8. The molecule has 2 fully saturated rings. The number of rotatable bonds is 4. The Morgan fingerprint density at radius 1 is 1.00 bits per heavy atom. The molecular formula is C14H19BrO6S. The van der Waals surface area contributed by atoms with Crippen LogP contribution < -0.4 is 0 Å². The maximum atomic E-state index is 11.9. The molecule has 124 valence electrons. The van der Waals surface area contributed by atoms with Gasteiger partial charge in [0.2, 0.25) is 0 Å². The highest BCUT2D eigenvalue weighted by atomic mass is 79.9. The predicted molar refractivity (Wildman–Crippen MR) is 83.7 cm³/mol. The van der Waals surface area contributed by atoms with Crippen LogP contribution in [0.1, 0.15) is 0 Å². The first-order valence-electron chi connectivity index (χ1n) is 6.84. The molecule has 3 rings (SSSR count). The predicted octanol–water partition coefficient (Wildman–Crippen LogP) is 1.59. The number of alkyl halides is 1. The smallest absolute Gasteiger partial charge is 0.181 e. The summed E-state index contributed by atoms with van der Waals surface area (Å²) in [6, 6.07) is 8.38. The Morgan fingerprint density at radius 3 is 2.05 bits per heavy atom. The molecule has 0 N–H and O–H groups in total. The Kier molecular flexibility index (Phi) is 7.26. The molecule has 2 unspecified atom stereocenters. The summed E-state index contributed by atoms with van der Waals surface area (Å²) in [5.41, 5.74) is 0. The third kappa shape index (κ3) is 5.60. The van der Waals surface area contributed by atoms with Crippen molar-refractivity contribution in [3.8, 4) is 0 Å². The Balaban J connectivity index is 0.000000211. The normalized spacial score (nSPS) is 24.8. The van der Waals surface area contributed by atoms with Crippen LogP contribution in [0.3, 0.4) is 0 Å². The van der Waals surface area contributed by atoms with Gasteiger partial charge in [0.15, 0.2) is 9.84 Å². The van der Waals surface area contributed by atoms with Crippen molar-refractivity contribution in [2.75, 3.05) is 37.9 Å². The summed E-state index contributed by atoms with van der Waals surface area (Å²) < 4.78 is 43.7. The Labute approximate surface area is 138 Å². The van der Waals surface area contributed by atoms with Gasteiger partial charge in [-0.3, -0.25) is 0 Å². The van der Waals surface area contributed by atoms with E-state index in [0.29, 0.717) is 24.4 Å². The molecule has 2 aliphatic heterocycles. The molecule has 22 heavy (non-hydrogen) atoms. The SMILES string of the molecule is BrCC1COCO1.O=S(=O)(CC1COCO1)c1ccccc1. The van der Waals surface area contributed by atoms with Crippen molar-refractivity contribution in [2.24, 2.45) is 0 Å². The molecule has 2 atom stereocenters. The van der Waals surface area contributed by atoms with E-state index in [-0.39, 0.29) is 18.6 Å². The van der Waals surface area contributed by atoms with Crippen LogP contribution in [0.15, 0.2) is 35.2 Å². The number of benzene rings is 1. The standard InChI is InChI=1S/C10H12O4S.C4H7BrO2/c11-15(12,7-9-6-13-8-14-9)10-4-2-1-3-5-10;5-1-4-2-6-3-7-4/h1-5,9H,6-8H2;4H,1-3H2. The first kappa shape index (κ1) is 17.8. The van der Waals surface area contributed by atoms with Crippen molar-refractivity contribution >= 4 is 25.8 Å². The van der Waals surface area contributed by atoms with Crippen LogP contribution in [0.25, 0.3) is 0 Å². The molecule has 0 aliphatic carbocycles. The molecule has 0 amide bonds. The van der Waals surface area contributed by atoms with Crippen LogP contribution in [0.4, 0.5) is 0 Å². The lowest BCUT2D eigenvalue weighted by molar-refractivity contribution is 0.0520. The molecule has 0 aromatic heterocycles. The van der Waals surface area contributed by atoms with Crippen LogP contribution in [0.5, 0.6) is 0 Å². The molecule has 0 saturated carbocycles. The van der Waals surface area contributed by atoms with Crippen molar-refractivity contribution in [1.29, 1.82) is 0 Å². The molecule has 2 saturated heterocycles. The van der Waals surface area contributed by atoms with Gasteiger partial charge in [0.1, 0.15) is 13.6 Å². The number of halogens is 1. The van der Waals surface area contributed by atoms with E-state index < -0.39 is 9.84 Å². The Bertz CT molecular complexity index is 524. The summed E-state index contributed by atoms with van der Waals surface area (Å²) in [6.07, 6.45) is -0.0461. The molecule has 1 aromatic carbocycles. The van der Waals surface area contributed by atoms with Gasteiger partial charge >= 0.3 is 0 Å². The van der Waals surface area contributed by atoms with Gasteiger partial charge in [-0.1, -0.05) is 34.1 Å². The number of sulfone groups is 1. The molecule has 1 aromatic rings. The summed E-state index contributed by atoms with van der Waals surface area (Å²) in [5, 5.41) is 0.882. The average molecular weight is 395 g/mol. The van der Waals surface area contributed by atoms with Crippen molar-refractivity contribution in [2.45, 2.75) is 17.1 Å². The molecule has 2 heterocycles. The van der Waals surface area contributed by atoms with Gasteiger partial charge in [-0.15, -0.1) is 0 Å². The quantitative estimate of drug-likeness (QED) is 0.722. The highest BCUT2D eigenvalue weighted by Crippen LogP contribution is 2.14. The van der Waals surface area contributed by atoms with Gasteiger partial charge in [0.25, 0.3) is 0 Å². The van der Waals surface area contributed by atoms with Crippen molar-refractivity contribution in [3.05, 3.63) is 30.3 Å². The minimum atomic E-state index is -3.25. The highest BCUT2D eigenvalue weighted by Gasteiger charge is 2.25. The second-order valence-electron chi connectivity index (χ2n) is 4.80. The van der Waals surface area contributed by atoms with E-state index >= 15 is 0 Å². The minimum absolute atomic E-state index is 0.0169. The van der Waals surface area contributed by atoms with Crippen LogP contribution in [0, 0.1) is 0 Å². The molecule has 0 spiro atoms. The lowest BCUT2D eigenvalue weighted by Crippen LogP contribution is -2.22. The molecule has 6 nitrogen and oxygen atoms in total. The molecule has 0 bridgehead atoms. The topological polar surface area (TPSA) is 71.1 Å². The van der Waals surface area contributed by atoms with Gasteiger partial charge in [-0.25, -0.2) is 8.42 Å². The van der Waals surface area contributed by atoms with Gasteiger partial charge in [-0.05, 0) is 12.1 Å². The molecule has 2 aliphatic rings. The maximum absolute atomic E-state index is 11.9.